The monoisotopic (exact) mass is 270 g/mol. The molecule has 0 bridgehead atoms. The van der Waals surface area contributed by atoms with Crippen molar-refractivity contribution in [3.63, 3.8) is 0 Å². The van der Waals surface area contributed by atoms with Gasteiger partial charge in [-0.15, -0.1) is 0 Å². The largest absolute Gasteiger partial charge is 0.298 e. The average molecular weight is 270 g/mol. The van der Waals surface area contributed by atoms with Gasteiger partial charge < -0.3 is 0 Å². The van der Waals surface area contributed by atoms with Crippen LogP contribution in [0.15, 0.2) is 24.4 Å². The summed E-state index contributed by atoms with van der Waals surface area (Å²) in [6.45, 7) is 8.46. The first kappa shape index (κ1) is 14.5. The summed E-state index contributed by atoms with van der Waals surface area (Å²) in [7, 11) is 0. The predicted octanol–water partition coefficient (Wildman–Crippen LogP) is 4.34. The van der Waals surface area contributed by atoms with Crippen molar-refractivity contribution in [2.45, 2.75) is 46.6 Å². The lowest BCUT2D eigenvalue weighted by Crippen LogP contribution is -2.07. The highest BCUT2D eigenvalue weighted by Gasteiger charge is 2.15. The van der Waals surface area contributed by atoms with Gasteiger partial charge in [-0.05, 0) is 43.9 Å². The summed E-state index contributed by atoms with van der Waals surface area (Å²) in [6.07, 6.45) is 4.80. The van der Waals surface area contributed by atoms with Gasteiger partial charge in [0.25, 0.3) is 0 Å². The van der Waals surface area contributed by atoms with Crippen LogP contribution in [0.1, 0.15) is 54.2 Å². The van der Waals surface area contributed by atoms with E-state index in [0.29, 0.717) is 11.6 Å². The van der Waals surface area contributed by atoms with E-state index in [1.807, 2.05) is 16.9 Å². The molecule has 0 aliphatic carbocycles. The Morgan fingerprint density at radius 2 is 1.90 bits per heavy atom. The van der Waals surface area contributed by atoms with Gasteiger partial charge in [0, 0.05) is 11.8 Å². The number of carbonyl (C=O) groups excluding carboxylic acids is 1. The van der Waals surface area contributed by atoms with Crippen molar-refractivity contribution in [2.24, 2.45) is 0 Å². The predicted molar refractivity (Wildman–Crippen MR) is 82.1 cm³/mol. The normalized spacial score (nSPS) is 11.1. The minimum Gasteiger partial charge on any atom is -0.298 e. The van der Waals surface area contributed by atoms with E-state index in [1.54, 1.807) is 0 Å². The van der Waals surface area contributed by atoms with Crippen LogP contribution in [0.25, 0.3) is 11.3 Å². The molecule has 0 aliphatic heterocycles. The molecule has 0 N–H and O–H groups in total. The maximum atomic E-state index is 11.3. The van der Waals surface area contributed by atoms with Gasteiger partial charge in [0.05, 0.1) is 11.6 Å². The molecule has 0 unspecified atom stereocenters. The molecule has 2 rings (SSSR count). The molecule has 0 spiro atoms. The van der Waals surface area contributed by atoms with Gasteiger partial charge in [-0.1, -0.05) is 26.0 Å². The van der Waals surface area contributed by atoms with Crippen LogP contribution >= 0.6 is 0 Å². The fourth-order valence-electron chi connectivity index (χ4n) is 2.45. The Bertz CT molecular complexity index is 609. The van der Waals surface area contributed by atoms with Crippen molar-refractivity contribution in [3.8, 4) is 11.3 Å². The minimum absolute atomic E-state index is 0.356. The zero-order valence-electron chi connectivity index (χ0n) is 12.7. The van der Waals surface area contributed by atoms with E-state index in [-0.39, 0.29) is 0 Å². The molecule has 3 heteroatoms. The highest BCUT2D eigenvalue weighted by molar-refractivity contribution is 5.85. The first-order valence-electron chi connectivity index (χ1n) is 7.22. The lowest BCUT2D eigenvalue weighted by atomic mass is 10.0. The molecule has 20 heavy (non-hydrogen) atoms. The van der Waals surface area contributed by atoms with Crippen LogP contribution in [0.3, 0.4) is 0 Å². The van der Waals surface area contributed by atoms with Gasteiger partial charge in [0.2, 0.25) is 0 Å². The summed E-state index contributed by atoms with van der Waals surface area (Å²) < 4.78 is 1.94. The Labute approximate surface area is 120 Å². The molecule has 0 saturated carbocycles. The van der Waals surface area contributed by atoms with E-state index in [0.717, 1.165) is 30.4 Å². The minimum atomic E-state index is 0.356. The van der Waals surface area contributed by atoms with Crippen LogP contribution in [-0.2, 0) is 0 Å². The third kappa shape index (κ3) is 2.67. The Balaban J connectivity index is 2.49. The molecule has 0 fully saturated rings. The maximum Gasteiger partial charge on any atom is 0.153 e. The molecule has 3 nitrogen and oxygen atoms in total. The van der Waals surface area contributed by atoms with Crippen molar-refractivity contribution in [1.29, 1.82) is 0 Å². The molecule has 1 aromatic heterocycles. The number of aldehydes is 1. The molecule has 0 saturated heterocycles. The fraction of sp³-hybridized carbons (Fsp3) is 0.412. The van der Waals surface area contributed by atoms with E-state index < -0.39 is 0 Å². The van der Waals surface area contributed by atoms with Crippen LogP contribution in [0.5, 0.6) is 0 Å². The van der Waals surface area contributed by atoms with Gasteiger partial charge >= 0.3 is 0 Å². The van der Waals surface area contributed by atoms with Gasteiger partial charge in [0.1, 0.15) is 5.69 Å². The lowest BCUT2D eigenvalue weighted by Gasteiger charge is -2.12. The Hall–Kier alpha value is -1.90. The van der Waals surface area contributed by atoms with Gasteiger partial charge in [-0.2, -0.15) is 5.10 Å². The molecule has 1 heterocycles. The molecule has 0 amide bonds. The molecule has 2 aromatic rings. The third-order valence-electron chi connectivity index (χ3n) is 3.98. The second-order valence-corrected chi connectivity index (χ2v) is 5.30. The summed E-state index contributed by atoms with van der Waals surface area (Å²) in [5.74, 6) is 0. The summed E-state index contributed by atoms with van der Waals surface area (Å²) in [5, 5.41) is 4.65. The number of aryl methyl sites for hydroxylation is 2. The smallest absolute Gasteiger partial charge is 0.153 e. The quantitative estimate of drug-likeness (QED) is 0.757. The van der Waals surface area contributed by atoms with Crippen LogP contribution in [0, 0.1) is 13.8 Å². The third-order valence-corrected chi connectivity index (χ3v) is 3.98. The number of hydrogen-bond acceptors (Lipinski definition) is 2. The van der Waals surface area contributed by atoms with Crippen molar-refractivity contribution in [1.82, 2.24) is 9.78 Å². The Morgan fingerprint density at radius 1 is 1.20 bits per heavy atom. The number of aromatic nitrogens is 2. The van der Waals surface area contributed by atoms with E-state index in [2.05, 4.69) is 44.9 Å². The zero-order chi connectivity index (χ0) is 14.7. The highest BCUT2D eigenvalue weighted by Crippen LogP contribution is 2.26. The van der Waals surface area contributed by atoms with Gasteiger partial charge in [-0.25, -0.2) is 0 Å². The molecular formula is C17H22N2O. The standard InChI is InChI=1S/C17H22N2O/c1-5-16(6-2)19-10-15(11-20)17(18-19)14-8-7-12(3)13(4)9-14/h7-11,16H,5-6H2,1-4H3. The van der Waals surface area contributed by atoms with E-state index in [1.165, 1.54) is 11.1 Å². The van der Waals surface area contributed by atoms with E-state index >= 15 is 0 Å². The average Bonchev–Trinajstić information content (AvgIpc) is 2.87. The first-order chi connectivity index (χ1) is 9.60. The van der Waals surface area contributed by atoms with Crippen molar-refractivity contribution in [3.05, 3.63) is 41.1 Å². The first-order valence-corrected chi connectivity index (χ1v) is 7.22. The van der Waals surface area contributed by atoms with Crippen molar-refractivity contribution < 1.29 is 4.79 Å². The summed E-state index contributed by atoms with van der Waals surface area (Å²) in [4.78, 5) is 11.3. The summed E-state index contributed by atoms with van der Waals surface area (Å²) in [6, 6.07) is 6.57. The number of hydrogen-bond donors (Lipinski definition) is 0. The topological polar surface area (TPSA) is 34.9 Å². The molecular weight excluding hydrogens is 248 g/mol. The number of nitrogens with zero attached hydrogens (tertiary/aromatic N) is 2. The van der Waals surface area contributed by atoms with Crippen molar-refractivity contribution in [2.75, 3.05) is 0 Å². The molecule has 0 atom stereocenters. The maximum absolute atomic E-state index is 11.3. The molecule has 0 aliphatic rings. The fourth-order valence-corrected chi connectivity index (χ4v) is 2.45. The highest BCUT2D eigenvalue weighted by atomic mass is 16.1. The molecule has 106 valence electrons. The second-order valence-electron chi connectivity index (χ2n) is 5.30. The van der Waals surface area contributed by atoms with Crippen molar-refractivity contribution >= 4 is 6.29 Å². The van der Waals surface area contributed by atoms with Crippen LogP contribution in [-0.4, -0.2) is 16.1 Å². The van der Waals surface area contributed by atoms with Crippen LogP contribution in [0.2, 0.25) is 0 Å². The number of benzene rings is 1. The SMILES string of the molecule is CCC(CC)n1cc(C=O)c(-c2ccc(C)c(C)c2)n1. The number of carbonyl (C=O) groups is 1. The van der Waals surface area contributed by atoms with E-state index in [9.17, 15) is 4.79 Å². The van der Waals surface area contributed by atoms with Crippen LogP contribution in [0.4, 0.5) is 0 Å². The van der Waals surface area contributed by atoms with Crippen LogP contribution < -0.4 is 0 Å². The van der Waals surface area contributed by atoms with E-state index in [4.69, 9.17) is 0 Å². The summed E-state index contributed by atoms with van der Waals surface area (Å²) >= 11 is 0. The number of rotatable bonds is 5. The lowest BCUT2D eigenvalue weighted by molar-refractivity contribution is 0.112. The van der Waals surface area contributed by atoms with Gasteiger partial charge in [0.15, 0.2) is 6.29 Å². The molecule has 0 radical (unpaired) electrons. The molecule has 1 aromatic carbocycles. The van der Waals surface area contributed by atoms with Gasteiger partial charge in [-0.3, -0.25) is 9.48 Å². The zero-order valence-corrected chi connectivity index (χ0v) is 12.7. The Morgan fingerprint density at radius 3 is 2.45 bits per heavy atom. The second kappa shape index (κ2) is 6.04. The Kier molecular flexibility index (Phi) is 4.38. The summed E-state index contributed by atoms with van der Waals surface area (Å²) in [5.41, 5.74) is 4.94.